The van der Waals surface area contributed by atoms with Crippen LogP contribution in [0.5, 0.6) is 0 Å². The third-order valence-electron chi connectivity index (χ3n) is 3.36. The van der Waals surface area contributed by atoms with E-state index >= 15 is 0 Å². The summed E-state index contributed by atoms with van der Waals surface area (Å²) >= 11 is 5.66. The van der Waals surface area contributed by atoms with Gasteiger partial charge in [0.25, 0.3) is 0 Å². The molecule has 6 nitrogen and oxygen atoms in total. The van der Waals surface area contributed by atoms with Gasteiger partial charge in [-0.25, -0.2) is 0 Å². The van der Waals surface area contributed by atoms with Crippen molar-refractivity contribution in [1.29, 1.82) is 0 Å². The third kappa shape index (κ3) is 14.2. The molecule has 0 radical (unpaired) electrons. The Morgan fingerprint density at radius 2 is 0.815 bits per heavy atom. The largest absolute Gasteiger partial charge is 0.500 e. The van der Waals surface area contributed by atoms with Crippen LogP contribution in [0.25, 0.3) is 0 Å². The summed E-state index contributed by atoms with van der Waals surface area (Å²) in [4.78, 5) is 0. The molecular weight excluding hydrogens is 404 g/mol. The molecule has 166 valence electrons. The van der Waals surface area contributed by atoms with E-state index in [1.165, 1.54) is 0 Å². The lowest BCUT2D eigenvalue weighted by Gasteiger charge is -2.28. The van der Waals surface area contributed by atoms with E-state index in [1.54, 1.807) is 0 Å². The molecule has 0 fully saturated rings. The van der Waals surface area contributed by atoms with Gasteiger partial charge in [-0.05, 0) is 48.0 Å². The van der Waals surface area contributed by atoms with Crippen LogP contribution in [0.2, 0.25) is 12.1 Å². The van der Waals surface area contributed by atoms with E-state index in [9.17, 15) is 0 Å². The van der Waals surface area contributed by atoms with Crippen molar-refractivity contribution >= 4 is 29.2 Å². The zero-order chi connectivity index (χ0) is 21.0. The van der Waals surface area contributed by atoms with Gasteiger partial charge in [-0.15, -0.1) is 11.6 Å². The molecule has 0 aromatic rings. The molecular formula is C18H43ClO6Si2. The first-order valence-corrected chi connectivity index (χ1v) is 14.8. The van der Waals surface area contributed by atoms with E-state index in [-0.39, 0.29) is 0 Å². The van der Waals surface area contributed by atoms with Gasteiger partial charge in [-0.3, -0.25) is 0 Å². The second-order valence-electron chi connectivity index (χ2n) is 5.51. The highest BCUT2D eigenvalue weighted by Gasteiger charge is 2.40. The molecule has 0 aromatic heterocycles. The third-order valence-corrected chi connectivity index (χ3v) is 10.1. The second kappa shape index (κ2) is 19.8. The topological polar surface area (TPSA) is 55.4 Å². The van der Waals surface area contributed by atoms with Crippen molar-refractivity contribution in [3.63, 3.8) is 0 Å². The Labute approximate surface area is 174 Å². The minimum atomic E-state index is -2.40. The molecule has 0 amide bonds. The monoisotopic (exact) mass is 446 g/mol. The fraction of sp³-hybridized carbons (Fsp3) is 1.00. The van der Waals surface area contributed by atoms with Crippen LogP contribution in [-0.4, -0.2) is 63.1 Å². The molecule has 0 atom stereocenters. The molecule has 0 bridgehead atoms. The highest BCUT2D eigenvalue weighted by atomic mass is 35.5. The Hall–Kier alpha value is 0.484. The molecule has 0 aliphatic rings. The van der Waals surface area contributed by atoms with E-state index in [1.807, 2.05) is 41.5 Å². The first kappa shape index (κ1) is 29.7. The minimum absolute atomic E-state index is 0.627. The maximum absolute atomic E-state index is 5.66. The van der Waals surface area contributed by atoms with E-state index in [2.05, 4.69) is 6.92 Å². The lowest BCUT2D eigenvalue weighted by atomic mass is 10.6. The van der Waals surface area contributed by atoms with Gasteiger partial charge in [0.05, 0.1) is 0 Å². The van der Waals surface area contributed by atoms with Crippen molar-refractivity contribution in [2.24, 2.45) is 0 Å². The van der Waals surface area contributed by atoms with Crippen molar-refractivity contribution in [1.82, 2.24) is 0 Å². The van der Waals surface area contributed by atoms with Gasteiger partial charge >= 0.3 is 17.6 Å². The van der Waals surface area contributed by atoms with Gasteiger partial charge in [0.2, 0.25) is 0 Å². The van der Waals surface area contributed by atoms with Gasteiger partial charge in [-0.2, -0.15) is 0 Å². The number of alkyl halides is 1. The summed E-state index contributed by atoms with van der Waals surface area (Å²) in [5, 5.41) is 0. The lowest BCUT2D eigenvalue weighted by molar-refractivity contribution is 0.0704. The van der Waals surface area contributed by atoms with E-state index in [0.29, 0.717) is 45.5 Å². The van der Waals surface area contributed by atoms with Gasteiger partial charge in [0, 0.05) is 57.6 Å². The number of halogens is 1. The van der Waals surface area contributed by atoms with Gasteiger partial charge in [-0.1, -0.05) is 13.3 Å². The predicted molar refractivity (Wildman–Crippen MR) is 117 cm³/mol. The van der Waals surface area contributed by atoms with E-state index < -0.39 is 17.6 Å². The number of rotatable bonds is 17. The van der Waals surface area contributed by atoms with Gasteiger partial charge < -0.3 is 26.6 Å². The first-order chi connectivity index (χ1) is 13.0. The van der Waals surface area contributed by atoms with Crippen LogP contribution in [0, 0.1) is 0 Å². The van der Waals surface area contributed by atoms with Crippen molar-refractivity contribution < 1.29 is 26.6 Å². The molecule has 0 rings (SSSR count). The van der Waals surface area contributed by atoms with Crippen LogP contribution in [-0.2, 0) is 26.6 Å². The van der Waals surface area contributed by atoms with Crippen molar-refractivity contribution in [2.75, 3.05) is 45.5 Å². The summed E-state index contributed by atoms with van der Waals surface area (Å²) < 4.78 is 33.9. The quantitative estimate of drug-likeness (QED) is 0.228. The number of hydrogen-bond donors (Lipinski definition) is 0. The summed E-state index contributed by atoms with van der Waals surface area (Å²) in [5.74, 6) is 0.627. The SMILES string of the molecule is CCC[Si](OCC)(OCC)OCC.CCO[Si](CCCCl)(OCC)OCC. The maximum atomic E-state index is 5.66. The van der Waals surface area contributed by atoms with Crippen LogP contribution in [0.15, 0.2) is 0 Å². The summed E-state index contributed by atoms with van der Waals surface area (Å²) in [5.41, 5.74) is 0. The van der Waals surface area contributed by atoms with Crippen LogP contribution in [0.1, 0.15) is 61.3 Å². The van der Waals surface area contributed by atoms with Crippen LogP contribution >= 0.6 is 11.6 Å². The molecule has 27 heavy (non-hydrogen) atoms. The highest BCUT2D eigenvalue weighted by Crippen LogP contribution is 2.18. The Kier molecular flexibility index (Phi) is 21.8. The Bertz CT molecular complexity index is 267. The highest BCUT2D eigenvalue weighted by molar-refractivity contribution is 6.61. The average Bonchev–Trinajstić information content (AvgIpc) is 2.62. The Morgan fingerprint density at radius 1 is 0.519 bits per heavy atom. The van der Waals surface area contributed by atoms with E-state index in [0.717, 1.165) is 24.9 Å². The first-order valence-electron chi connectivity index (χ1n) is 10.4. The molecule has 0 spiro atoms. The molecule has 0 heterocycles. The summed E-state index contributed by atoms with van der Waals surface area (Å²) in [6.45, 7) is 17.9. The zero-order valence-electron chi connectivity index (χ0n) is 18.6. The normalized spacial score (nSPS) is 12.0. The van der Waals surface area contributed by atoms with Gasteiger partial charge in [0.1, 0.15) is 0 Å². The van der Waals surface area contributed by atoms with Crippen molar-refractivity contribution in [2.45, 2.75) is 73.4 Å². The summed E-state index contributed by atoms with van der Waals surface area (Å²) in [6.07, 6.45) is 1.93. The van der Waals surface area contributed by atoms with Crippen LogP contribution < -0.4 is 0 Å². The number of hydrogen-bond acceptors (Lipinski definition) is 6. The molecule has 0 saturated heterocycles. The Balaban J connectivity index is 0. The maximum Gasteiger partial charge on any atom is 0.500 e. The average molecular weight is 447 g/mol. The molecule has 0 aliphatic heterocycles. The van der Waals surface area contributed by atoms with Crippen molar-refractivity contribution in [3.8, 4) is 0 Å². The van der Waals surface area contributed by atoms with Crippen LogP contribution in [0.4, 0.5) is 0 Å². The summed E-state index contributed by atoms with van der Waals surface area (Å²) in [6, 6.07) is 1.73. The predicted octanol–water partition coefficient (Wildman–Crippen LogP) is 5.11. The second-order valence-corrected chi connectivity index (χ2v) is 11.3. The molecule has 0 aliphatic carbocycles. The van der Waals surface area contributed by atoms with E-state index in [4.69, 9.17) is 38.2 Å². The Morgan fingerprint density at radius 3 is 1.04 bits per heavy atom. The summed E-state index contributed by atoms with van der Waals surface area (Å²) in [7, 11) is -4.70. The molecule has 0 unspecified atom stereocenters. The zero-order valence-corrected chi connectivity index (χ0v) is 21.4. The molecule has 9 heteroatoms. The smallest absolute Gasteiger partial charge is 0.374 e. The fourth-order valence-electron chi connectivity index (χ4n) is 2.59. The van der Waals surface area contributed by atoms with Crippen molar-refractivity contribution in [3.05, 3.63) is 0 Å². The fourth-order valence-corrected chi connectivity index (χ4v) is 8.18. The van der Waals surface area contributed by atoms with Gasteiger partial charge in [0.15, 0.2) is 0 Å². The molecule has 0 saturated carbocycles. The molecule has 0 aromatic carbocycles. The lowest BCUT2D eigenvalue weighted by Crippen LogP contribution is -2.46. The van der Waals surface area contributed by atoms with Crippen LogP contribution in [0.3, 0.4) is 0 Å². The standard InChI is InChI=1S/C9H21ClO3Si.C9H22O3Si/c1-4-11-14(12-5-2,13-6-3)9-7-8-10;1-5-9-13(10-6-2,11-7-3)12-8-4/h4-9H2,1-3H3;5-9H2,1-4H3. The molecule has 0 N–H and O–H groups in total. The minimum Gasteiger partial charge on any atom is -0.374 e.